The van der Waals surface area contributed by atoms with E-state index in [0.29, 0.717) is 0 Å². The Morgan fingerprint density at radius 1 is 1.28 bits per heavy atom. The van der Waals surface area contributed by atoms with Crippen molar-refractivity contribution >= 4 is 11.6 Å². The predicted molar refractivity (Wildman–Crippen MR) is 66.9 cm³/mol. The summed E-state index contributed by atoms with van der Waals surface area (Å²) < 4.78 is 0. The molecule has 0 heterocycles. The van der Waals surface area contributed by atoms with Crippen molar-refractivity contribution in [1.29, 1.82) is 0 Å². The average molecular weight is 255 g/mol. The van der Waals surface area contributed by atoms with Crippen LogP contribution in [-0.2, 0) is 9.59 Å². The van der Waals surface area contributed by atoms with Crippen molar-refractivity contribution in [3.05, 3.63) is 10.1 Å². The summed E-state index contributed by atoms with van der Waals surface area (Å²) in [5, 5.41) is 11.2. The Hall–Kier alpha value is -1.26. The summed E-state index contributed by atoms with van der Waals surface area (Å²) in [5.41, 5.74) is -1.59. The van der Waals surface area contributed by atoms with Gasteiger partial charge in [-0.1, -0.05) is 19.3 Å². The molecule has 1 aliphatic carbocycles. The lowest BCUT2D eigenvalue weighted by atomic mass is 9.77. The van der Waals surface area contributed by atoms with E-state index in [-0.39, 0.29) is 30.3 Å². The SMILES string of the molecule is CC(=O)CCC(C)(C(=O)C1CCCCC1)[N+](=O)[O-]. The Bertz CT molecular complexity index is 347. The molecule has 1 aliphatic rings. The maximum absolute atomic E-state index is 12.3. The van der Waals surface area contributed by atoms with E-state index >= 15 is 0 Å². The van der Waals surface area contributed by atoms with E-state index < -0.39 is 10.5 Å². The van der Waals surface area contributed by atoms with Crippen LogP contribution in [0.2, 0.25) is 0 Å². The lowest BCUT2D eigenvalue weighted by Crippen LogP contribution is -2.47. The summed E-state index contributed by atoms with van der Waals surface area (Å²) in [4.78, 5) is 34.0. The molecule has 0 aliphatic heterocycles. The molecular formula is C13H21NO4. The van der Waals surface area contributed by atoms with Crippen LogP contribution in [0.1, 0.15) is 58.8 Å². The van der Waals surface area contributed by atoms with E-state index in [2.05, 4.69) is 0 Å². The largest absolute Gasteiger partial charge is 0.300 e. The summed E-state index contributed by atoms with van der Waals surface area (Å²) in [7, 11) is 0. The molecule has 1 fully saturated rings. The molecule has 0 radical (unpaired) electrons. The summed E-state index contributed by atoms with van der Waals surface area (Å²) >= 11 is 0. The Morgan fingerprint density at radius 3 is 2.28 bits per heavy atom. The van der Waals surface area contributed by atoms with Crippen LogP contribution in [0.3, 0.4) is 0 Å². The lowest BCUT2D eigenvalue weighted by Gasteiger charge is -2.27. The highest BCUT2D eigenvalue weighted by Crippen LogP contribution is 2.31. The number of rotatable bonds is 6. The first kappa shape index (κ1) is 14.8. The summed E-state index contributed by atoms with van der Waals surface area (Å²) in [6, 6.07) is 0. The zero-order valence-corrected chi connectivity index (χ0v) is 11.1. The van der Waals surface area contributed by atoms with Crippen LogP contribution < -0.4 is 0 Å². The van der Waals surface area contributed by atoms with Crippen molar-refractivity contribution in [3.63, 3.8) is 0 Å². The molecule has 18 heavy (non-hydrogen) atoms. The van der Waals surface area contributed by atoms with E-state index in [9.17, 15) is 19.7 Å². The fourth-order valence-corrected chi connectivity index (χ4v) is 2.53. The second-order valence-electron chi connectivity index (χ2n) is 5.43. The van der Waals surface area contributed by atoms with Crippen molar-refractivity contribution in [2.24, 2.45) is 5.92 Å². The first-order chi connectivity index (χ1) is 8.38. The first-order valence-electron chi connectivity index (χ1n) is 6.56. The molecule has 0 aromatic heterocycles. The molecule has 1 atom stereocenters. The van der Waals surface area contributed by atoms with Gasteiger partial charge in [-0.15, -0.1) is 0 Å². The van der Waals surface area contributed by atoms with Crippen molar-refractivity contribution in [1.82, 2.24) is 0 Å². The van der Waals surface area contributed by atoms with Crippen LogP contribution in [-0.4, -0.2) is 22.0 Å². The van der Waals surface area contributed by atoms with Crippen molar-refractivity contribution in [2.45, 2.75) is 64.3 Å². The van der Waals surface area contributed by atoms with Crippen molar-refractivity contribution < 1.29 is 14.5 Å². The molecule has 1 rings (SSSR count). The number of carbonyl (C=O) groups is 2. The van der Waals surface area contributed by atoms with Gasteiger partial charge in [-0.3, -0.25) is 14.9 Å². The molecule has 102 valence electrons. The van der Waals surface area contributed by atoms with Gasteiger partial charge in [0.05, 0.1) is 0 Å². The van der Waals surface area contributed by atoms with Gasteiger partial charge in [0, 0.05) is 30.6 Å². The zero-order chi connectivity index (χ0) is 13.8. The van der Waals surface area contributed by atoms with Gasteiger partial charge in [0.25, 0.3) is 5.54 Å². The molecular weight excluding hydrogens is 234 g/mol. The Labute approximate surface area is 107 Å². The number of nitrogens with zero attached hydrogens (tertiary/aromatic N) is 1. The molecule has 0 aromatic carbocycles. The third kappa shape index (κ3) is 3.37. The van der Waals surface area contributed by atoms with Crippen molar-refractivity contribution in [3.8, 4) is 0 Å². The van der Waals surface area contributed by atoms with Crippen LogP contribution in [0, 0.1) is 16.0 Å². The number of Topliss-reactive ketones (excluding diaryl/α,β-unsaturated/α-hetero) is 2. The van der Waals surface area contributed by atoms with Crippen LogP contribution in [0.25, 0.3) is 0 Å². The maximum atomic E-state index is 12.3. The minimum atomic E-state index is -1.59. The number of ketones is 2. The highest BCUT2D eigenvalue weighted by molar-refractivity contribution is 5.89. The molecule has 0 spiro atoms. The van der Waals surface area contributed by atoms with Crippen LogP contribution in [0.5, 0.6) is 0 Å². The van der Waals surface area contributed by atoms with E-state index in [1.807, 2.05) is 0 Å². The topological polar surface area (TPSA) is 77.3 Å². The third-order valence-electron chi connectivity index (χ3n) is 3.87. The van der Waals surface area contributed by atoms with E-state index in [4.69, 9.17) is 0 Å². The van der Waals surface area contributed by atoms with Gasteiger partial charge < -0.3 is 4.79 Å². The molecule has 5 nitrogen and oxygen atoms in total. The fraction of sp³-hybridized carbons (Fsp3) is 0.846. The Morgan fingerprint density at radius 2 is 1.83 bits per heavy atom. The van der Waals surface area contributed by atoms with E-state index in [1.54, 1.807) is 0 Å². The van der Waals surface area contributed by atoms with Crippen LogP contribution in [0.15, 0.2) is 0 Å². The Balaban J connectivity index is 2.78. The lowest BCUT2D eigenvalue weighted by molar-refractivity contribution is -0.549. The van der Waals surface area contributed by atoms with Gasteiger partial charge in [-0.05, 0) is 19.8 Å². The fourth-order valence-electron chi connectivity index (χ4n) is 2.53. The van der Waals surface area contributed by atoms with E-state index in [0.717, 1.165) is 32.1 Å². The minimum absolute atomic E-state index is 0.0185. The molecule has 0 saturated heterocycles. The van der Waals surface area contributed by atoms with Crippen LogP contribution in [0.4, 0.5) is 0 Å². The standard InChI is InChI=1S/C13H21NO4/c1-10(15)8-9-13(2,14(17)18)12(16)11-6-4-3-5-7-11/h11H,3-9H2,1-2H3. The average Bonchev–Trinajstić information content (AvgIpc) is 2.35. The van der Waals surface area contributed by atoms with Crippen molar-refractivity contribution in [2.75, 3.05) is 0 Å². The minimum Gasteiger partial charge on any atom is -0.300 e. The van der Waals surface area contributed by atoms with Gasteiger partial charge in [0.1, 0.15) is 5.78 Å². The quantitative estimate of drug-likeness (QED) is 0.539. The normalized spacial score (nSPS) is 20.1. The molecule has 1 saturated carbocycles. The molecule has 0 amide bonds. The zero-order valence-electron chi connectivity index (χ0n) is 11.1. The van der Waals surface area contributed by atoms with Gasteiger partial charge in [0.15, 0.2) is 0 Å². The van der Waals surface area contributed by atoms with Gasteiger partial charge in [-0.25, -0.2) is 0 Å². The molecule has 1 unspecified atom stereocenters. The smallest absolute Gasteiger partial charge is 0.277 e. The number of nitro groups is 1. The molecule has 0 aromatic rings. The Kier molecular flexibility index (Phi) is 4.99. The molecule has 0 N–H and O–H groups in total. The van der Waals surface area contributed by atoms with E-state index in [1.165, 1.54) is 13.8 Å². The number of hydrogen-bond acceptors (Lipinski definition) is 4. The highest BCUT2D eigenvalue weighted by Gasteiger charge is 2.48. The summed E-state index contributed by atoms with van der Waals surface area (Å²) in [6.45, 7) is 2.76. The molecule has 5 heteroatoms. The third-order valence-corrected chi connectivity index (χ3v) is 3.87. The summed E-state index contributed by atoms with van der Waals surface area (Å²) in [6.07, 6.45) is 4.66. The molecule has 0 bridgehead atoms. The second kappa shape index (κ2) is 6.07. The number of hydrogen-bond donors (Lipinski definition) is 0. The first-order valence-corrected chi connectivity index (χ1v) is 6.56. The van der Waals surface area contributed by atoms with Gasteiger partial charge in [-0.2, -0.15) is 0 Å². The predicted octanol–water partition coefficient (Wildman–Crippen LogP) is 2.54. The highest BCUT2D eigenvalue weighted by atomic mass is 16.6. The maximum Gasteiger partial charge on any atom is 0.277 e. The van der Waals surface area contributed by atoms with Crippen LogP contribution >= 0.6 is 0 Å². The number of carbonyl (C=O) groups excluding carboxylic acids is 2. The summed E-state index contributed by atoms with van der Waals surface area (Å²) in [5.74, 6) is -0.589. The van der Waals surface area contributed by atoms with Gasteiger partial charge >= 0.3 is 0 Å². The van der Waals surface area contributed by atoms with Gasteiger partial charge in [0.2, 0.25) is 5.78 Å². The second-order valence-corrected chi connectivity index (χ2v) is 5.43. The monoisotopic (exact) mass is 255 g/mol.